The largest absolute Gasteiger partial charge is 0.459 e. The van der Waals surface area contributed by atoms with Gasteiger partial charge in [0.15, 0.2) is 5.76 Å². The maximum atomic E-state index is 13.2. The van der Waals surface area contributed by atoms with Crippen LogP contribution >= 0.6 is 0 Å². The van der Waals surface area contributed by atoms with E-state index in [0.29, 0.717) is 13.0 Å². The lowest BCUT2D eigenvalue weighted by Gasteiger charge is -2.34. The van der Waals surface area contributed by atoms with Crippen molar-refractivity contribution in [2.45, 2.75) is 25.3 Å². The van der Waals surface area contributed by atoms with E-state index in [1.807, 2.05) is 0 Å². The number of nitrogens with zero attached hydrogens (tertiary/aromatic N) is 1. The number of rotatable bonds is 3. The van der Waals surface area contributed by atoms with E-state index < -0.39 is 23.6 Å². The molecular formula is C17H16F2N2O3. The molecule has 2 heterocycles. The first-order valence-corrected chi connectivity index (χ1v) is 7.66. The van der Waals surface area contributed by atoms with E-state index in [2.05, 4.69) is 5.32 Å². The van der Waals surface area contributed by atoms with Gasteiger partial charge in [0, 0.05) is 18.3 Å². The average Bonchev–Trinajstić information content (AvgIpc) is 3.07. The molecule has 126 valence electrons. The van der Waals surface area contributed by atoms with Crippen LogP contribution in [0.2, 0.25) is 0 Å². The molecule has 1 atom stereocenters. The molecule has 1 aromatic heterocycles. The Hall–Kier alpha value is -2.70. The van der Waals surface area contributed by atoms with Crippen LogP contribution in [0.5, 0.6) is 0 Å². The predicted molar refractivity (Wildman–Crippen MR) is 82.4 cm³/mol. The van der Waals surface area contributed by atoms with Crippen LogP contribution in [0.15, 0.2) is 41.0 Å². The molecule has 1 aromatic carbocycles. The van der Waals surface area contributed by atoms with Crippen molar-refractivity contribution in [2.75, 3.05) is 11.9 Å². The molecule has 1 unspecified atom stereocenters. The monoisotopic (exact) mass is 334 g/mol. The molecule has 0 spiro atoms. The highest BCUT2D eigenvalue weighted by atomic mass is 19.1. The third kappa shape index (κ3) is 3.45. The van der Waals surface area contributed by atoms with Crippen molar-refractivity contribution < 1.29 is 22.8 Å². The lowest BCUT2D eigenvalue weighted by Crippen LogP contribution is -2.49. The number of likely N-dealkylation sites (tertiary alicyclic amines) is 1. The molecule has 1 fully saturated rings. The molecule has 5 nitrogen and oxygen atoms in total. The molecule has 7 heteroatoms. The molecule has 0 saturated carbocycles. The van der Waals surface area contributed by atoms with E-state index in [0.717, 1.165) is 31.0 Å². The summed E-state index contributed by atoms with van der Waals surface area (Å²) >= 11 is 0. The second-order valence-electron chi connectivity index (χ2n) is 5.63. The first-order valence-electron chi connectivity index (χ1n) is 7.66. The Morgan fingerprint density at radius 3 is 2.58 bits per heavy atom. The van der Waals surface area contributed by atoms with Crippen molar-refractivity contribution in [3.8, 4) is 0 Å². The topological polar surface area (TPSA) is 62.6 Å². The summed E-state index contributed by atoms with van der Waals surface area (Å²) in [6.07, 6.45) is 3.44. The van der Waals surface area contributed by atoms with E-state index in [-0.39, 0.29) is 17.4 Å². The van der Waals surface area contributed by atoms with E-state index in [4.69, 9.17) is 4.42 Å². The van der Waals surface area contributed by atoms with Crippen LogP contribution in [-0.4, -0.2) is 29.3 Å². The van der Waals surface area contributed by atoms with Crippen molar-refractivity contribution in [2.24, 2.45) is 0 Å². The zero-order valence-corrected chi connectivity index (χ0v) is 12.8. The average molecular weight is 334 g/mol. The molecule has 0 radical (unpaired) electrons. The molecule has 2 aromatic rings. The van der Waals surface area contributed by atoms with E-state index in [1.165, 1.54) is 17.2 Å². The van der Waals surface area contributed by atoms with Crippen molar-refractivity contribution >= 4 is 17.5 Å². The Labute approximate surface area is 137 Å². The van der Waals surface area contributed by atoms with Crippen LogP contribution in [0.3, 0.4) is 0 Å². The van der Waals surface area contributed by atoms with Gasteiger partial charge in [-0.25, -0.2) is 8.78 Å². The van der Waals surface area contributed by atoms with Gasteiger partial charge in [-0.2, -0.15) is 0 Å². The van der Waals surface area contributed by atoms with E-state index in [9.17, 15) is 18.4 Å². The normalized spacial score (nSPS) is 17.6. The summed E-state index contributed by atoms with van der Waals surface area (Å²) in [5.74, 6) is -2.24. The fourth-order valence-corrected chi connectivity index (χ4v) is 2.84. The molecule has 24 heavy (non-hydrogen) atoms. The summed E-state index contributed by atoms with van der Waals surface area (Å²) in [4.78, 5) is 26.4. The number of halogens is 2. The Bertz CT molecular complexity index is 726. The number of anilines is 1. The minimum Gasteiger partial charge on any atom is -0.459 e. The van der Waals surface area contributed by atoms with Crippen LogP contribution in [0.1, 0.15) is 29.8 Å². The van der Waals surface area contributed by atoms with Gasteiger partial charge in [-0.1, -0.05) is 0 Å². The fourth-order valence-electron chi connectivity index (χ4n) is 2.84. The summed E-state index contributed by atoms with van der Waals surface area (Å²) < 4.78 is 31.6. The first-order chi connectivity index (χ1) is 11.5. The highest BCUT2D eigenvalue weighted by Gasteiger charge is 2.33. The molecule has 1 aliphatic heterocycles. The molecule has 1 saturated heterocycles. The van der Waals surface area contributed by atoms with Gasteiger partial charge in [0.25, 0.3) is 5.91 Å². The van der Waals surface area contributed by atoms with Gasteiger partial charge < -0.3 is 14.6 Å². The van der Waals surface area contributed by atoms with Gasteiger partial charge in [0.2, 0.25) is 5.91 Å². The van der Waals surface area contributed by atoms with Crippen molar-refractivity contribution in [1.29, 1.82) is 0 Å². The quantitative estimate of drug-likeness (QED) is 0.938. The molecule has 1 N–H and O–H groups in total. The van der Waals surface area contributed by atoms with Gasteiger partial charge in [0.05, 0.1) is 6.26 Å². The first kappa shape index (κ1) is 16.2. The Balaban J connectivity index is 1.77. The van der Waals surface area contributed by atoms with Crippen LogP contribution in [0.4, 0.5) is 14.5 Å². The summed E-state index contributed by atoms with van der Waals surface area (Å²) in [5, 5.41) is 2.48. The Morgan fingerprint density at radius 1 is 1.17 bits per heavy atom. The second kappa shape index (κ2) is 6.82. The van der Waals surface area contributed by atoms with Crippen molar-refractivity contribution in [1.82, 2.24) is 4.90 Å². The number of hydrogen-bond donors (Lipinski definition) is 1. The third-order valence-corrected chi connectivity index (χ3v) is 3.93. The van der Waals surface area contributed by atoms with Crippen LogP contribution in [-0.2, 0) is 4.79 Å². The number of carbonyl (C=O) groups excluding carboxylic acids is 2. The number of nitrogens with one attached hydrogen (secondary N) is 1. The van der Waals surface area contributed by atoms with Crippen molar-refractivity contribution in [3.05, 3.63) is 54.0 Å². The Morgan fingerprint density at radius 2 is 1.92 bits per heavy atom. The van der Waals surface area contributed by atoms with Crippen LogP contribution in [0.25, 0.3) is 0 Å². The molecule has 0 bridgehead atoms. The minimum absolute atomic E-state index is 0.0217. The molecule has 1 aliphatic rings. The zero-order valence-electron chi connectivity index (χ0n) is 12.8. The SMILES string of the molecule is O=C(Nc1cc(F)cc(F)c1)C1CCCCN1C(=O)c1ccco1. The highest BCUT2D eigenvalue weighted by molar-refractivity contribution is 6.00. The minimum atomic E-state index is -0.780. The van der Waals surface area contributed by atoms with E-state index >= 15 is 0 Å². The third-order valence-electron chi connectivity index (χ3n) is 3.93. The lowest BCUT2D eigenvalue weighted by molar-refractivity contribution is -0.121. The van der Waals surface area contributed by atoms with Gasteiger partial charge in [-0.05, 0) is 43.5 Å². The number of amides is 2. The number of furan rings is 1. The summed E-state index contributed by atoms with van der Waals surface area (Å²) in [6.45, 7) is 0.426. The molecular weight excluding hydrogens is 318 g/mol. The lowest BCUT2D eigenvalue weighted by atomic mass is 10.0. The van der Waals surface area contributed by atoms with Gasteiger partial charge in [0.1, 0.15) is 17.7 Å². The summed E-state index contributed by atoms with van der Waals surface area (Å²) in [5.41, 5.74) is 0.0217. The zero-order chi connectivity index (χ0) is 17.1. The smallest absolute Gasteiger partial charge is 0.290 e. The van der Waals surface area contributed by atoms with Gasteiger partial charge in [-0.3, -0.25) is 9.59 Å². The van der Waals surface area contributed by atoms with Crippen LogP contribution < -0.4 is 5.32 Å². The standard InChI is InChI=1S/C17H16F2N2O3/c18-11-8-12(19)10-13(9-11)20-16(22)14-4-1-2-6-21(14)17(23)15-5-3-7-24-15/h3,5,7-10,14H,1-2,4,6H2,(H,20,22). The molecule has 3 rings (SSSR count). The Kier molecular flexibility index (Phi) is 4.59. The highest BCUT2D eigenvalue weighted by Crippen LogP contribution is 2.22. The molecule has 0 aliphatic carbocycles. The number of hydrogen-bond acceptors (Lipinski definition) is 3. The summed E-state index contributed by atoms with van der Waals surface area (Å²) in [7, 11) is 0. The van der Waals surface area contributed by atoms with Gasteiger partial charge in [-0.15, -0.1) is 0 Å². The predicted octanol–water partition coefficient (Wildman–Crippen LogP) is 3.19. The van der Waals surface area contributed by atoms with E-state index in [1.54, 1.807) is 6.07 Å². The number of benzene rings is 1. The van der Waals surface area contributed by atoms with Crippen molar-refractivity contribution in [3.63, 3.8) is 0 Å². The number of piperidine rings is 1. The molecule has 2 amide bonds. The number of carbonyl (C=O) groups is 2. The fraction of sp³-hybridized carbons (Fsp3) is 0.294. The second-order valence-corrected chi connectivity index (χ2v) is 5.63. The maximum absolute atomic E-state index is 13.2. The van der Waals surface area contributed by atoms with Gasteiger partial charge >= 0.3 is 0 Å². The maximum Gasteiger partial charge on any atom is 0.290 e. The van der Waals surface area contributed by atoms with Crippen LogP contribution in [0, 0.1) is 11.6 Å². The summed E-state index contributed by atoms with van der Waals surface area (Å²) in [6, 6.07) is 5.21.